The Morgan fingerprint density at radius 1 is 1.11 bits per heavy atom. The molecule has 140 valence electrons. The number of tetrazole rings is 1. The van der Waals surface area contributed by atoms with Crippen LogP contribution in [0.1, 0.15) is 38.7 Å². The van der Waals surface area contributed by atoms with Crippen molar-refractivity contribution >= 4 is 23.4 Å². The highest BCUT2D eigenvalue weighted by Gasteiger charge is 2.20. The van der Waals surface area contributed by atoms with Gasteiger partial charge >= 0.3 is 0 Å². The van der Waals surface area contributed by atoms with Crippen LogP contribution in [0.4, 0.5) is 5.69 Å². The molecule has 1 amide bonds. The number of thioether (sulfide) groups is 1. The van der Waals surface area contributed by atoms with Crippen LogP contribution in [0.2, 0.25) is 0 Å². The number of carbonyl (C=O) groups is 1. The van der Waals surface area contributed by atoms with Gasteiger partial charge in [-0.15, -0.1) is 5.10 Å². The molecule has 0 aliphatic carbocycles. The Kier molecular flexibility index (Phi) is 6.24. The van der Waals surface area contributed by atoms with Crippen molar-refractivity contribution in [1.29, 1.82) is 0 Å². The standard InChI is InChI=1S/C20H23N5OS/c1-4-14(2)17-12-8-9-13-18(17)21-19(26)15(3)27-20-22-23-24-25(20)16-10-6-5-7-11-16/h5-15H,4H2,1-3H3,(H,21,26)/t14-,15-/m0/s1. The summed E-state index contributed by atoms with van der Waals surface area (Å²) in [5, 5.41) is 15.2. The highest BCUT2D eigenvalue weighted by molar-refractivity contribution is 8.00. The highest BCUT2D eigenvalue weighted by atomic mass is 32.2. The zero-order chi connectivity index (χ0) is 19.2. The largest absolute Gasteiger partial charge is 0.325 e. The van der Waals surface area contributed by atoms with Crippen LogP contribution in [0.25, 0.3) is 5.69 Å². The summed E-state index contributed by atoms with van der Waals surface area (Å²) in [7, 11) is 0. The van der Waals surface area contributed by atoms with Crippen LogP contribution >= 0.6 is 11.8 Å². The number of benzene rings is 2. The Balaban J connectivity index is 1.72. The maximum absolute atomic E-state index is 12.7. The van der Waals surface area contributed by atoms with E-state index in [0.717, 1.165) is 23.4 Å². The van der Waals surface area contributed by atoms with E-state index in [9.17, 15) is 4.79 Å². The molecule has 0 fully saturated rings. The molecular weight excluding hydrogens is 358 g/mol. The predicted octanol–water partition coefficient (Wildman–Crippen LogP) is 4.30. The van der Waals surface area contributed by atoms with E-state index < -0.39 is 0 Å². The Morgan fingerprint density at radius 2 is 1.81 bits per heavy atom. The molecule has 1 N–H and O–H groups in total. The first-order valence-electron chi connectivity index (χ1n) is 9.00. The molecule has 3 aromatic rings. The van der Waals surface area contributed by atoms with Crippen molar-refractivity contribution < 1.29 is 4.79 Å². The van der Waals surface area contributed by atoms with Crippen LogP contribution in [0.3, 0.4) is 0 Å². The number of para-hydroxylation sites is 2. The van der Waals surface area contributed by atoms with Gasteiger partial charge in [0.15, 0.2) is 0 Å². The van der Waals surface area contributed by atoms with E-state index in [0.29, 0.717) is 11.1 Å². The minimum Gasteiger partial charge on any atom is -0.325 e. The average Bonchev–Trinajstić information content (AvgIpc) is 3.16. The number of nitrogens with one attached hydrogen (secondary N) is 1. The molecule has 0 spiro atoms. The van der Waals surface area contributed by atoms with Gasteiger partial charge < -0.3 is 5.32 Å². The fraction of sp³-hybridized carbons (Fsp3) is 0.300. The summed E-state index contributed by atoms with van der Waals surface area (Å²) in [4.78, 5) is 12.7. The van der Waals surface area contributed by atoms with Crippen molar-refractivity contribution in [3.05, 3.63) is 60.2 Å². The normalized spacial score (nSPS) is 13.1. The quantitative estimate of drug-likeness (QED) is 0.618. The number of amides is 1. The Morgan fingerprint density at radius 3 is 2.56 bits per heavy atom. The molecule has 27 heavy (non-hydrogen) atoms. The van der Waals surface area contributed by atoms with Gasteiger partial charge in [-0.1, -0.05) is 62.0 Å². The van der Waals surface area contributed by atoms with E-state index >= 15 is 0 Å². The van der Waals surface area contributed by atoms with Crippen LogP contribution in [-0.4, -0.2) is 31.4 Å². The zero-order valence-corrected chi connectivity index (χ0v) is 16.5. The van der Waals surface area contributed by atoms with Crippen LogP contribution in [0.15, 0.2) is 59.8 Å². The third-order valence-electron chi connectivity index (χ3n) is 4.46. The summed E-state index contributed by atoms with van der Waals surface area (Å²) < 4.78 is 1.64. The maximum Gasteiger partial charge on any atom is 0.237 e. The van der Waals surface area contributed by atoms with Gasteiger partial charge in [0.05, 0.1) is 10.9 Å². The summed E-state index contributed by atoms with van der Waals surface area (Å²) in [6.45, 7) is 6.16. The molecule has 7 heteroatoms. The van der Waals surface area contributed by atoms with E-state index in [1.165, 1.54) is 11.8 Å². The SMILES string of the molecule is CC[C@H](C)c1ccccc1NC(=O)[C@H](C)Sc1nnnn1-c1ccccc1. The first-order valence-corrected chi connectivity index (χ1v) is 9.88. The third kappa shape index (κ3) is 4.54. The van der Waals surface area contributed by atoms with E-state index in [1.54, 1.807) is 4.68 Å². The van der Waals surface area contributed by atoms with Crippen molar-refractivity contribution in [3.8, 4) is 5.69 Å². The molecule has 2 atom stereocenters. The molecular formula is C20H23N5OS. The second kappa shape index (κ2) is 8.81. The number of nitrogens with zero attached hydrogens (tertiary/aromatic N) is 4. The molecule has 0 unspecified atom stereocenters. The van der Waals surface area contributed by atoms with Gasteiger partial charge in [-0.3, -0.25) is 4.79 Å². The fourth-order valence-electron chi connectivity index (χ4n) is 2.69. The number of carbonyl (C=O) groups excluding carboxylic acids is 1. The van der Waals surface area contributed by atoms with Crippen molar-refractivity contribution in [2.24, 2.45) is 0 Å². The van der Waals surface area contributed by atoms with E-state index in [4.69, 9.17) is 0 Å². The van der Waals surface area contributed by atoms with Gasteiger partial charge in [-0.2, -0.15) is 4.68 Å². The molecule has 3 rings (SSSR count). The summed E-state index contributed by atoms with van der Waals surface area (Å²) in [5.74, 6) is 0.313. The molecule has 1 heterocycles. The van der Waals surface area contributed by atoms with Crippen LogP contribution in [0.5, 0.6) is 0 Å². The summed E-state index contributed by atoms with van der Waals surface area (Å²) in [5.41, 5.74) is 2.88. The van der Waals surface area contributed by atoms with Gasteiger partial charge in [0.25, 0.3) is 0 Å². The van der Waals surface area contributed by atoms with E-state index in [-0.39, 0.29) is 11.2 Å². The zero-order valence-electron chi connectivity index (χ0n) is 15.7. The Labute approximate surface area is 163 Å². The van der Waals surface area contributed by atoms with Crippen LogP contribution in [-0.2, 0) is 4.79 Å². The second-order valence-corrected chi connectivity index (χ2v) is 7.66. The second-order valence-electron chi connectivity index (χ2n) is 6.35. The minimum atomic E-state index is -0.344. The number of anilines is 1. The maximum atomic E-state index is 12.7. The van der Waals surface area contributed by atoms with Crippen LogP contribution in [0, 0.1) is 0 Å². The first kappa shape index (κ1) is 19.1. The molecule has 0 aliphatic rings. The predicted molar refractivity (Wildman–Crippen MR) is 108 cm³/mol. The molecule has 0 saturated carbocycles. The molecule has 2 aromatic carbocycles. The topological polar surface area (TPSA) is 72.7 Å². The van der Waals surface area contributed by atoms with E-state index in [2.05, 4.69) is 40.8 Å². The van der Waals surface area contributed by atoms with Gasteiger partial charge in [-0.05, 0) is 53.5 Å². The van der Waals surface area contributed by atoms with Crippen molar-refractivity contribution in [2.45, 2.75) is 43.5 Å². The van der Waals surface area contributed by atoms with Crippen molar-refractivity contribution in [1.82, 2.24) is 20.2 Å². The first-order chi connectivity index (χ1) is 13.1. The fourth-order valence-corrected chi connectivity index (χ4v) is 3.50. The number of hydrogen-bond acceptors (Lipinski definition) is 5. The van der Waals surface area contributed by atoms with Crippen molar-refractivity contribution in [3.63, 3.8) is 0 Å². The lowest BCUT2D eigenvalue weighted by Crippen LogP contribution is -2.23. The Bertz CT molecular complexity index is 896. The molecule has 0 bridgehead atoms. The number of hydrogen-bond donors (Lipinski definition) is 1. The molecule has 1 aromatic heterocycles. The number of rotatable bonds is 7. The minimum absolute atomic E-state index is 0.0710. The highest BCUT2D eigenvalue weighted by Crippen LogP contribution is 2.28. The van der Waals surface area contributed by atoms with Crippen LogP contribution < -0.4 is 5.32 Å². The molecule has 0 aliphatic heterocycles. The third-order valence-corrected chi connectivity index (χ3v) is 5.49. The van der Waals surface area contributed by atoms with Gasteiger partial charge in [0.2, 0.25) is 11.1 Å². The number of aromatic nitrogens is 4. The van der Waals surface area contributed by atoms with Gasteiger partial charge in [0, 0.05) is 5.69 Å². The summed E-state index contributed by atoms with van der Waals surface area (Å²) >= 11 is 1.33. The van der Waals surface area contributed by atoms with E-state index in [1.807, 2.05) is 55.5 Å². The smallest absolute Gasteiger partial charge is 0.237 e. The summed E-state index contributed by atoms with van der Waals surface area (Å²) in [6, 6.07) is 17.6. The average molecular weight is 382 g/mol. The van der Waals surface area contributed by atoms with Gasteiger partial charge in [0.1, 0.15) is 0 Å². The molecule has 0 saturated heterocycles. The lowest BCUT2D eigenvalue weighted by atomic mass is 9.97. The summed E-state index contributed by atoms with van der Waals surface area (Å²) in [6.07, 6.45) is 1.02. The van der Waals surface area contributed by atoms with Crippen molar-refractivity contribution in [2.75, 3.05) is 5.32 Å². The lowest BCUT2D eigenvalue weighted by molar-refractivity contribution is -0.115. The Hall–Kier alpha value is -2.67. The molecule has 6 nitrogen and oxygen atoms in total. The van der Waals surface area contributed by atoms with Gasteiger partial charge in [-0.25, -0.2) is 0 Å². The molecule has 0 radical (unpaired) electrons. The monoisotopic (exact) mass is 381 g/mol. The lowest BCUT2D eigenvalue weighted by Gasteiger charge is -2.17.